The first-order valence-corrected chi connectivity index (χ1v) is 10.3. The summed E-state index contributed by atoms with van der Waals surface area (Å²) >= 11 is 0. The van der Waals surface area contributed by atoms with Crippen molar-refractivity contribution in [2.24, 2.45) is 0 Å². The lowest BCUT2D eigenvalue weighted by molar-refractivity contribution is -0.137. The monoisotopic (exact) mass is 450 g/mol. The molecule has 170 valence electrons. The Morgan fingerprint density at radius 3 is 2.70 bits per heavy atom. The van der Waals surface area contributed by atoms with Crippen LogP contribution in [-0.4, -0.2) is 61.0 Å². The van der Waals surface area contributed by atoms with Gasteiger partial charge in [0, 0.05) is 13.6 Å². The number of fused-ring (bicyclic) bond motifs is 1. The number of likely N-dealkylation sites (N-methyl/N-ethyl adjacent to an activating group) is 1. The van der Waals surface area contributed by atoms with E-state index in [0.717, 1.165) is 5.56 Å². The van der Waals surface area contributed by atoms with Gasteiger partial charge in [0.15, 0.2) is 35.1 Å². The van der Waals surface area contributed by atoms with Crippen molar-refractivity contribution in [3.63, 3.8) is 0 Å². The van der Waals surface area contributed by atoms with E-state index in [-0.39, 0.29) is 0 Å². The molecule has 1 aliphatic rings. The molecule has 11 nitrogen and oxygen atoms in total. The zero-order valence-electron chi connectivity index (χ0n) is 17.6. The van der Waals surface area contributed by atoms with Crippen molar-refractivity contribution in [3.05, 3.63) is 60.8 Å². The van der Waals surface area contributed by atoms with E-state index in [9.17, 15) is 15.0 Å². The Hall–Kier alpha value is -3.80. The Bertz CT molecular complexity index is 1260. The number of aliphatic hydroxyl groups is 2. The number of hydrogen-bond acceptors (Lipinski definition) is 9. The number of benzene rings is 1. The van der Waals surface area contributed by atoms with Gasteiger partial charge in [-0.05, 0) is 11.6 Å². The number of carbonyl (C=O) groups excluding carboxylic acids is 1. The van der Waals surface area contributed by atoms with Crippen molar-refractivity contribution < 1.29 is 24.2 Å². The SMILES string of the molecule is CNC(=O)[C@@H]1OC(n2cnc3c(NCc4ccccc4)nc(-c4ccoc4)nc32)C(O)C1O. The fraction of sp³-hybridized carbons (Fsp3) is 0.273. The molecular formula is C22H22N6O5. The molecule has 1 aliphatic heterocycles. The van der Waals surface area contributed by atoms with Crippen LogP contribution in [0.5, 0.6) is 0 Å². The van der Waals surface area contributed by atoms with Crippen molar-refractivity contribution in [2.45, 2.75) is 31.1 Å². The van der Waals surface area contributed by atoms with Crippen molar-refractivity contribution in [2.75, 3.05) is 12.4 Å². The Kier molecular flexibility index (Phi) is 5.50. The van der Waals surface area contributed by atoms with E-state index in [0.29, 0.717) is 34.9 Å². The molecule has 0 radical (unpaired) electrons. The van der Waals surface area contributed by atoms with E-state index in [2.05, 4.69) is 25.6 Å². The second-order valence-electron chi connectivity index (χ2n) is 7.61. The molecule has 4 atom stereocenters. The third kappa shape index (κ3) is 3.82. The highest BCUT2D eigenvalue weighted by Gasteiger charge is 2.47. The second kappa shape index (κ2) is 8.62. The Morgan fingerprint density at radius 2 is 1.97 bits per heavy atom. The molecule has 0 spiro atoms. The summed E-state index contributed by atoms with van der Waals surface area (Å²) in [6, 6.07) is 11.6. The molecule has 1 amide bonds. The van der Waals surface area contributed by atoms with Crippen LogP contribution in [0.3, 0.4) is 0 Å². The highest BCUT2D eigenvalue weighted by molar-refractivity contribution is 5.85. The smallest absolute Gasteiger partial charge is 0.251 e. The number of nitrogens with zero attached hydrogens (tertiary/aromatic N) is 4. The number of rotatable bonds is 6. The fourth-order valence-electron chi connectivity index (χ4n) is 3.78. The molecule has 3 aromatic heterocycles. The molecule has 0 aliphatic carbocycles. The fourth-order valence-corrected chi connectivity index (χ4v) is 3.78. The maximum atomic E-state index is 12.1. The van der Waals surface area contributed by atoms with Gasteiger partial charge in [-0.15, -0.1) is 0 Å². The molecule has 0 saturated carbocycles. The van der Waals surface area contributed by atoms with Crippen molar-refractivity contribution >= 4 is 22.9 Å². The summed E-state index contributed by atoms with van der Waals surface area (Å²) in [4.78, 5) is 25.7. The zero-order valence-corrected chi connectivity index (χ0v) is 17.6. The normalized spacial score (nSPS) is 22.5. The highest BCUT2D eigenvalue weighted by Crippen LogP contribution is 2.33. The van der Waals surface area contributed by atoms with Gasteiger partial charge in [0.1, 0.15) is 18.5 Å². The van der Waals surface area contributed by atoms with Gasteiger partial charge in [0.2, 0.25) is 0 Å². The Morgan fingerprint density at radius 1 is 1.15 bits per heavy atom. The average molecular weight is 450 g/mol. The number of ether oxygens (including phenoxy) is 1. The number of aromatic nitrogens is 4. The highest BCUT2D eigenvalue weighted by atomic mass is 16.6. The second-order valence-corrected chi connectivity index (χ2v) is 7.61. The van der Waals surface area contributed by atoms with Crippen molar-refractivity contribution in [1.29, 1.82) is 0 Å². The van der Waals surface area contributed by atoms with Crippen LogP contribution in [0.1, 0.15) is 11.8 Å². The van der Waals surface area contributed by atoms with Gasteiger partial charge in [-0.25, -0.2) is 15.0 Å². The topological polar surface area (TPSA) is 148 Å². The van der Waals surface area contributed by atoms with E-state index in [1.54, 1.807) is 6.07 Å². The Balaban J connectivity index is 1.56. The van der Waals surface area contributed by atoms with Crippen LogP contribution in [0, 0.1) is 0 Å². The van der Waals surface area contributed by atoms with Crippen LogP contribution in [0.4, 0.5) is 5.82 Å². The first-order chi connectivity index (χ1) is 16.1. The molecule has 1 saturated heterocycles. The van der Waals surface area contributed by atoms with E-state index in [1.807, 2.05) is 30.3 Å². The minimum Gasteiger partial charge on any atom is -0.472 e. The molecule has 1 aromatic carbocycles. The molecule has 11 heteroatoms. The first-order valence-electron chi connectivity index (χ1n) is 10.3. The first kappa shape index (κ1) is 21.1. The molecule has 4 N–H and O–H groups in total. The van der Waals surface area contributed by atoms with Gasteiger partial charge in [0.05, 0.1) is 18.2 Å². The standard InChI is InChI=1S/C22H22N6O5/c1-23-21(31)17-15(29)16(30)22(33-17)28-11-25-14-19(24-9-12-5-3-2-4-6-12)26-18(27-20(14)28)13-7-8-32-10-13/h2-8,10-11,15-17,22,29-30H,9H2,1H3,(H,23,31)(H,24,26,27)/t15?,16?,17-,22?/m1/s1. The number of anilines is 1. The van der Waals surface area contributed by atoms with Gasteiger partial charge >= 0.3 is 0 Å². The quantitative estimate of drug-likeness (QED) is 0.338. The summed E-state index contributed by atoms with van der Waals surface area (Å²) in [6.07, 6.45) is -0.574. The van der Waals surface area contributed by atoms with Gasteiger partial charge in [-0.1, -0.05) is 30.3 Å². The molecular weight excluding hydrogens is 428 g/mol. The predicted octanol–water partition coefficient (Wildman–Crippen LogP) is 1.06. The minimum atomic E-state index is -1.40. The van der Waals surface area contributed by atoms with Crippen LogP contribution >= 0.6 is 0 Å². The number of aliphatic hydroxyl groups excluding tert-OH is 2. The van der Waals surface area contributed by atoms with Gasteiger partial charge in [-0.2, -0.15) is 0 Å². The number of imidazole rings is 1. The van der Waals surface area contributed by atoms with Crippen molar-refractivity contribution in [3.8, 4) is 11.4 Å². The minimum absolute atomic E-state index is 0.366. The lowest BCUT2D eigenvalue weighted by Gasteiger charge is -2.17. The molecule has 5 rings (SSSR count). The van der Waals surface area contributed by atoms with Crippen LogP contribution in [-0.2, 0) is 16.1 Å². The summed E-state index contributed by atoms with van der Waals surface area (Å²) in [7, 11) is 1.43. The maximum Gasteiger partial charge on any atom is 0.251 e. The average Bonchev–Trinajstić information content (AvgIpc) is 3.58. The van der Waals surface area contributed by atoms with E-state index < -0.39 is 30.4 Å². The van der Waals surface area contributed by atoms with E-state index in [1.165, 1.54) is 30.5 Å². The Labute approximate surface area is 188 Å². The lowest BCUT2D eigenvalue weighted by atomic mass is 10.1. The summed E-state index contributed by atoms with van der Waals surface area (Å²) < 4.78 is 12.4. The van der Waals surface area contributed by atoms with E-state index in [4.69, 9.17) is 9.15 Å². The van der Waals surface area contributed by atoms with Gasteiger partial charge < -0.3 is 30.0 Å². The van der Waals surface area contributed by atoms with Crippen LogP contribution in [0.15, 0.2) is 59.7 Å². The van der Waals surface area contributed by atoms with E-state index >= 15 is 0 Å². The predicted molar refractivity (Wildman–Crippen MR) is 117 cm³/mol. The number of furan rings is 1. The zero-order chi connectivity index (χ0) is 22.9. The maximum absolute atomic E-state index is 12.1. The molecule has 1 fully saturated rings. The van der Waals surface area contributed by atoms with Crippen molar-refractivity contribution in [1.82, 2.24) is 24.8 Å². The third-order valence-electron chi connectivity index (χ3n) is 5.52. The number of carbonyl (C=O) groups is 1. The third-order valence-corrected chi connectivity index (χ3v) is 5.52. The summed E-state index contributed by atoms with van der Waals surface area (Å²) in [6.45, 7) is 0.505. The summed E-state index contributed by atoms with van der Waals surface area (Å²) in [5.74, 6) is 0.325. The molecule has 4 heterocycles. The largest absolute Gasteiger partial charge is 0.472 e. The number of amides is 1. The van der Waals surface area contributed by atoms with Gasteiger partial charge in [0.25, 0.3) is 5.91 Å². The number of hydrogen-bond donors (Lipinski definition) is 4. The number of nitrogens with one attached hydrogen (secondary N) is 2. The summed E-state index contributed by atoms with van der Waals surface area (Å²) in [5.41, 5.74) is 2.53. The molecule has 3 unspecified atom stereocenters. The van der Waals surface area contributed by atoms with Crippen LogP contribution in [0.25, 0.3) is 22.6 Å². The summed E-state index contributed by atoms with van der Waals surface area (Å²) in [5, 5.41) is 26.7. The van der Waals surface area contributed by atoms with Gasteiger partial charge in [-0.3, -0.25) is 9.36 Å². The van der Waals surface area contributed by atoms with Crippen LogP contribution in [0.2, 0.25) is 0 Å². The molecule has 0 bridgehead atoms. The molecule has 33 heavy (non-hydrogen) atoms. The lowest BCUT2D eigenvalue weighted by Crippen LogP contribution is -2.41. The molecule has 4 aromatic rings. The van der Waals surface area contributed by atoms with Crippen LogP contribution < -0.4 is 10.6 Å².